The Kier molecular flexibility index (Phi) is 3.97. The maximum absolute atomic E-state index is 3.66. The summed E-state index contributed by atoms with van der Waals surface area (Å²) in [6.45, 7) is 5.55. The number of nitrogens with zero attached hydrogens (tertiary/aromatic N) is 1. The molecule has 1 unspecified atom stereocenters. The van der Waals surface area contributed by atoms with Crippen LogP contribution in [0.1, 0.15) is 30.5 Å². The van der Waals surface area contributed by atoms with Crippen LogP contribution in [0.15, 0.2) is 24.3 Å². The van der Waals surface area contributed by atoms with E-state index in [0.717, 1.165) is 19.6 Å². The molecule has 2 rings (SSSR count). The van der Waals surface area contributed by atoms with Gasteiger partial charge in [0.2, 0.25) is 0 Å². The molecule has 0 bridgehead atoms. The quantitative estimate of drug-likeness (QED) is 0.815. The molecule has 1 aliphatic carbocycles. The summed E-state index contributed by atoms with van der Waals surface area (Å²) in [6, 6.07) is 9.41. The van der Waals surface area contributed by atoms with Crippen LogP contribution in [0, 0.1) is 0 Å². The van der Waals surface area contributed by atoms with E-state index in [1.54, 1.807) is 0 Å². The zero-order valence-electron chi connectivity index (χ0n) is 10.4. The minimum absolute atomic E-state index is 0.585. The summed E-state index contributed by atoms with van der Waals surface area (Å²) in [5, 5.41) is 3.66. The van der Waals surface area contributed by atoms with Crippen LogP contribution in [0.25, 0.3) is 0 Å². The van der Waals surface area contributed by atoms with Gasteiger partial charge in [-0.2, -0.15) is 0 Å². The van der Waals surface area contributed by atoms with Crippen LogP contribution >= 0.6 is 0 Å². The number of likely N-dealkylation sites (N-methyl/N-ethyl adjacent to an activating group) is 1. The van der Waals surface area contributed by atoms with Crippen LogP contribution in [0.5, 0.6) is 0 Å². The third kappa shape index (κ3) is 2.63. The van der Waals surface area contributed by atoms with E-state index >= 15 is 0 Å². The lowest BCUT2D eigenvalue weighted by molar-refractivity contribution is 0.339. The average molecular weight is 218 g/mol. The van der Waals surface area contributed by atoms with Crippen molar-refractivity contribution in [2.24, 2.45) is 0 Å². The van der Waals surface area contributed by atoms with Gasteiger partial charge < -0.3 is 10.2 Å². The third-order valence-electron chi connectivity index (χ3n) is 3.56. The van der Waals surface area contributed by atoms with Crippen molar-refractivity contribution < 1.29 is 0 Å². The predicted octanol–water partition coefficient (Wildman–Crippen LogP) is 2.22. The summed E-state index contributed by atoms with van der Waals surface area (Å²) in [6.07, 6.45) is 2.49. The van der Waals surface area contributed by atoms with Crippen LogP contribution in [-0.2, 0) is 6.42 Å². The Morgan fingerprint density at radius 3 is 3.00 bits per heavy atom. The van der Waals surface area contributed by atoms with E-state index < -0.39 is 0 Å². The zero-order valence-corrected chi connectivity index (χ0v) is 10.4. The Morgan fingerprint density at radius 1 is 1.38 bits per heavy atom. The SMILES string of the molecule is CCN(C)CCNC1CCc2ccccc21. The molecule has 2 heteroatoms. The van der Waals surface area contributed by atoms with Gasteiger partial charge in [-0.25, -0.2) is 0 Å². The van der Waals surface area contributed by atoms with Crippen molar-refractivity contribution in [1.82, 2.24) is 10.2 Å². The number of hydrogen-bond acceptors (Lipinski definition) is 2. The molecule has 0 aliphatic heterocycles. The molecule has 1 aromatic rings. The molecule has 2 nitrogen and oxygen atoms in total. The summed E-state index contributed by atoms with van der Waals surface area (Å²) in [5.41, 5.74) is 3.05. The molecule has 0 saturated heterocycles. The summed E-state index contributed by atoms with van der Waals surface area (Å²) in [5.74, 6) is 0. The van der Waals surface area contributed by atoms with Gasteiger partial charge in [0, 0.05) is 19.1 Å². The number of hydrogen-bond donors (Lipinski definition) is 1. The van der Waals surface area contributed by atoms with Crippen molar-refractivity contribution in [3.8, 4) is 0 Å². The number of fused-ring (bicyclic) bond motifs is 1. The van der Waals surface area contributed by atoms with Gasteiger partial charge in [-0.3, -0.25) is 0 Å². The van der Waals surface area contributed by atoms with Gasteiger partial charge in [0.05, 0.1) is 0 Å². The molecule has 0 fully saturated rings. The molecule has 16 heavy (non-hydrogen) atoms. The van der Waals surface area contributed by atoms with Crippen LogP contribution < -0.4 is 5.32 Å². The van der Waals surface area contributed by atoms with E-state index in [4.69, 9.17) is 0 Å². The number of aryl methyl sites for hydroxylation is 1. The lowest BCUT2D eigenvalue weighted by atomic mass is 10.1. The number of nitrogens with one attached hydrogen (secondary N) is 1. The predicted molar refractivity (Wildman–Crippen MR) is 68.7 cm³/mol. The second kappa shape index (κ2) is 5.46. The average Bonchev–Trinajstić information content (AvgIpc) is 2.73. The molecule has 0 heterocycles. The molecule has 0 spiro atoms. The number of benzene rings is 1. The van der Waals surface area contributed by atoms with Crippen LogP contribution in [0.4, 0.5) is 0 Å². The highest BCUT2D eigenvalue weighted by atomic mass is 15.1. The molecule has 0 saturated carbocycles. The molecule has 1 aliphatic rings. The summed E-state index contributed by atoms with van der Waals surface area (Å²) in [4.78, 5) is 2.34. The van der Waals surface area contributed by atoms with E-state index in [1.807, 2.05) is 0 Å². The van der Waals surface area contributed by atoms with E-state index in [-0.39, 0.29) is 0 Å². The Balaban J connectivity index is 1.84. The highest BCUT2D eigenvalue weighted by Crippen LogP contribution is 2.30. The van der Waals surface area contributed by atoms with Gasteiger partial charge in [0.1, 0.15) is 0 Å². The smallest absolute Gasteiger partial charge is 0.0326 e. The monoisotopic (exact) mass is 218 g/mol. The van der Waals surface area contributed by atoms with E-state index in [9.17, 15) is 0 Å². The first kappa shape index (κ1) is 11.6. The molecule has 1 aromatic carbocycles. The highest BCUT2D eigenvalue weighted by Gasteiger charge is 2.20. The topological polar surface area (TPSA) is 15.3 Å². The Labute approximate surface area is 98.7 Å². The minimum Gasteiger partial charge on any atom is -0.309 e. The molecule has 0 radical (unpaired) electrons. The second-order valence-corrected chi connectivity index (χ2v) is 4.64. The maximum Gasteiger partial charge on any atom is 0.0326 e. The summed E-state index contributed by atoms with van der Waals surface area (Å²) >= 11 is 0. The fourth-order valence-electron chi connectivity index (χ4n) is 2.36. The molecule has 1 atom stereocenters. The minimum atomic E-state index is 0.585. The van der Waals surface area contributed by atoms with Crippen LogP contribution in [0.2, 0.25) is 0 Å². The van der Waals surface area contributed by atoms with Gasteiger partial charge >= 0.3 is 0 Å². The van der Waals surface area contributed by atoms with Crippen molar-refractivity contribution in [1.29, 1.82) is 0 Å². The normalized spacial score (nSPS) is 19.1. The van der Waals surface area contributed by atoms with E-state index in [2.05, 4.69) is 48.5 Å². The van der Waals surface area contributed by atoms with Gasteiger partial charge in [-0.15, -0.1) is 0 Å². The molecular weight excluding hydrogens is 196 g/mol. The maximum atomic E-state index is 3.66. The fourth-order valence-corrected chi connectivity index (χ4v) is 2.36. The van der Waals surface area contributed by atoms with Crippen molar-refractivity contribution >= 4 is 0 Å². The Morgan fingerprint density at radius 2 is 2.19 bits per heavy atom. The van der Waals surface area contributed by atoms with E-state index in [1.165, 1.54) is 24.0 Å². The van der Waals surface area contributed by atoms with Crippen molar-refractivity contribution in [2.45, 2.75) is 25.8 Å². The summed E-state index contributed by atoms with van der Waals surface area (Å²) < 4.78 is 0. The zero-order chi connectivity index (χ0) is 11.4. The standard InChI is InChI=1S/C14H22N2/c1-3-16(2)11-10-15-14-9-8-12-6-4-5-7-13(12)14/h4-7,14-15H,3,8-11H2,1-2H3. The fraction of sp³-hybridized carbons (Fsp3) is 0.571. The first-order chi connectivity index (χ1) is 7.81. The lowest BCUT2D eigenvalue weighted by Gasteiger charge is -2.18. The van der Waals surface area contributed by atoms with Crippen molar-refractivity contribution in [2.75, 3.05) is 26.7 Å². The van der Waals surface area contributed by atoms with Gasteiger partial charge in [0.15, 0.2) is 0 Å². The first-order valence-electron chi connectivity index (χ1n) is 6.31. The second-order valence-electron chi connectivity index (χ2n) is 4.64. The first-order valence-corrected chi connectivity index (χ1v) is 6.31. The molecular formula is C14H22N2. The lowest BCUT2D eigenvalue weighted by Crippen LogP contribution is -2.30. The molecule has 88 valence electrons. The molecule has 0 amide bonds. The molecule has 1 N–H and O–H groups in total. The van der Waals surface area contributed by atoms with E-state index in [0.29, 0.717) is 6.04 Å². The van der Waals surface area contributed by atoms with Gasteiger partial charge in [-0.05, 0) is 37.6 Å². The largest absolute Gasteiger partial charge is 0.309 e. The van der Waals surface area contributed by atoms with Crippen molar-refractivity contribution in [3.63, 3.8) is 0 Å². The Bertz CT molecular complexity index is 335. The Hall–Kier alpha value is -0.860. The van der Waals surface area contributed by atoms with Gasteiger partial charge in [0.25, 0.3) is 0 Å². The van der Waals surface area contributed by atoms with Crippen LogP contribution in [0.3, 0.4) is 0 Å². The number of rotatable bonds is 5. The molecule has 0 aromatic heterocycles. The van der Waals surface area contributed by atoms with Crippen molar-refractivity contribution in [3.05, 3.63) is 35.4 Å². The van der Waals surface area contributed by atoms with Crippen LogP contribution in [-0.4, -0.2) is 31.6 Å². The highest BCUT2D eigenvalue weighted by molar-refractivity contribution is 5.34. The van der Waals surface area contributed by atoms with Gasteiger partial charge in [-0.1, -0.05) is 31.2 Å². The third-order valence-corrected chi connectivity index (χ3v) is 3.56. The summed E-state index contributed by atoms with van der Waals surface area (Å²) in [7, 11) is 2.17.